The summed E-state index contributed by atoms with van der Waals surface area (Å²) in [5, 5.41) is 12.1. The van der Waals surface area contributed by atoms with E-state index in [0.717, 1.165) is 49.4 Å². The van der Waals surface area contributed by atoms with Gasteiger partial charge in [-0.05, 0) is 52.0 Å². The van der Waals surface area contributed by atoms with Crippen LogP contribution in [-0.4, -0.2) is 33.7 Å². The van der Waals surface area contributed by atoms with E-state index in [9.17, 15) is 5.11 Å². The van der Waals surface area contributed by atoms with Crippen molar-refractivity contribution >= 4 is 29.0 Å². The van der Waals surface area contributed by atoms with Crippen molar-refractivity contribution in [3.8, 4) is 11.3 Å². The van der Waals surface area contributed by atoms with Crippen LogP contribution in [-0.2, 0) is 5.60 Å². The summed E-state index contributed by atoms with van der Waals surface area (Å²) >= 11 is 12.7. The molecule has 1 saturated heterocycles. The number of anilines is 1. The summed E-state index contributed by atoms with van der Waals surface area (Å²) in [6.45, 7) is 5.63. The molecule has 0 unspecified atom stereocenters. The van der Waals surface area contributed by atoms with Gasteiger partial charge in [0.1, 0.15) is 11.3 Å². The van der Waals surface area contributed by atoms with Crippen LogP contribution in [0.2, 0.25) is 10.0 Å². The highest BCUT2D eigenvalue weighted by atomic mass is 35.5. The fourth-order valence-electron chi connectivity index (χ4n) is 3.96. The molecule has 1 aliphatic carbocycles. The normalized spacial score (nSPS) is 20.7. The lowest BCUT2D eigenvalue weighted by molar-refractivity contribution is -0.0424. The number of hydrogen-bond donors (Lipinski definition) is 2. The Morgan fingerprint density at radius 1 is 1.11 bits per heavy atom. The Morgan fingerprint density at radius 2 is 1.79 bits per heavy atom. The monoisotopic (exact) mass is 420 g/mol. The second-order valence-corrected chi connectivity index (χ2v) is 9.24. The van der Waals surface area contributed by atoms with Crippen molar-refractivity contribution in [1.29, 1.82) is 0 Å². The molecule has 28 heavy (non-hydrogen) atoms. The molecule has 0 amide bonds. The van der Waals surface area contributed by atoms with Gasteiger partial charge in [0.15, 0.2) is 5.82 Å². The van der Waals surface area contributed by atoms with Gasteiger partial charge in [0, 0.05) is 24.2 Å². The Morgan fingerprint density at radius 3 is 2.39 bits per heavy atom. The van der Waals surface area contributed by atoms with Crippen LogP contribution in [0.25, 0.3) is 11.3 Å². The zero-order chi connectivity index (χ0) is 20.1. The smallest absolute Gasteiger partial charge is 0.153 e. The lowest BCUT2D eigenvalue weighted by atomic mass is 9.77. The Kier molecular flexibility index (Phi) is 5.07. The molecule has 0 atom stereocenters. The van der Waals surface area contributed by atoms with E-state index in [1.807, 2.05) is 19.1 Å². The number of nitrogens with zero attached hydrogens (tertiary/aromatic N) is 3. The van der Waals surface area contributed by atoms with Gasteiger partial charge in [0.2, 0.25) is 0 Å². The van der Waals surface area contributed by atoms with Gasteiger partial charge in [0.05, 0.1) is 21.4 Å². The van der Waals surface area contributed by atoms with E-state index < -0.39 is 5.60 Å². The summed E-state index contributed by atoms with van der Waals surface area (Å²) in [7, 11) is 0. The third-order valence-electron chi connectivity index (χ3n) is 6.09. The van der Waals surface area contributed by atoms with E-state index in [2.05, 4.69) is 11.8 Å². The number of nitrogens with two attached hydrogens (primary N) is 1. The molecule has 0 radical (unpaired) electrons. The SMILES string of the molecule is Cc1nc(N2CCC(C)(N)CC2)c(C2(O)CCC2)nc1-c1cccc(Cl)c1Cl. The average Bonchev–Trinajstić information content (AvgIpc) is 2.62. The van der Waals surface area contributed by atoms with Crippen LogP contribution in [0.15, 0.2) is 18.2 Å². The summed E-state index contributed by atoms with van der Waals surface area (Å²) < 4.78 is 0. The molecule has 5 nitrogen and oxygen atoms in total. The molecule has 7 heteroatoms. The van der Waals surface area contributed by atoms with Gasteiger partial charge in [-0.2, -0.15) is 0 Å². The maximum absolute atomic E-state index is 11.2. The number of hydrogen-bond acceptors (Lipinski definition) is 5. The van der Waals surface area contributed by atoms with Gasteiger partial charge in [-0.3, -0.25) is 0 Å². The van der Waals surface area contributed by atoms with Crippen LogP contribution in [0, 0.1) is 6.92 Å². The second-order valence-electron chi connectivity index (χ2n) is 8.46. The molecule has 1 aliphatic heterocycles. The van der Waals surface area contributed by atoms with Crippen molar-refractivity contribution in [1.82, 2.24) is 9.97 Å². The third-order valence-corrected chi connectivity index (χ3v) is 6.90. The van der Waals surface area contributed by atoms with Crippen LogP contribution in [0.5, 0.6) is 0 Å². The van der Waals surface area contributed by atoms with Crippen LogP contribution >= 0.6 is 23.2 Å². The van der Waals surface area contributed by atoms with Gasteiger partial charge < -0.3 is 15.7 Å². The van der Waals surface area contributed by atoms with Crippen molar-refractivity contribution in [2.75, 3.05) is 18.0 Å². The topological polar surface area (TPSA) is 75.3 Å². The van der Waals surface area contributed by atoms with E-state index in [0.29, 0.717) is 34.3 Å². The van der Waals surface area contributed by atoms with Crippen molar-refractivity contribution in [3.63, 3.8) is 0 Å². The number of rotatable bonds is 3. The van der Waals surface area contributed by atoms with Crippen molar-refractivity contribution < 1.29 is 5.11 Å². The zero-order valence-corrected chi connectivity index (χ0v) is 17.8. The second kappa shape index (κ2) is 7.13. The molecule has 1 saturated carbocycles. The van der Waals surface area contributed by atoms with Crippen LogP contribution in [0.1, 0.15) is 50.4 Å². The highest BCUT2D eigenvalue weighted by Gasteiger charge is 2.42. The molecule has 2 heterocycles. The molecule has 0 bridgehead atoms. The molecule has 150 valence electrons. The van der Waals surface area contributed by atoms with E-state index in [-0.39, 0.29) is 5.54 Å². The number of benzene rings is 1. The lowest BCUT2D eigenvalue weighted by Gasteiger charge is -2.42. The van der Waals surface area contributed by atoms with Gasteiger partial charge in [0.25, 0.3) is 0 Å². The maximum Gasteiger partial charge on any atom is 0.153 e. The van der Waals surface area contributed by atoms with Gasteiger partial charge in [-0.15, -0.1) is 0 Å². The van der Waals surface area contributed by atoms with Crippen LogP contribution < -0.4 is 10.6 Å². The minimum Gasteiger partial charge on any atom is -0.383 e. The molecule has 1 aromatic heterocycles. The number of piperidine rings is 1. The van der Waals surface area contributed by atoms with Gasteiger partial charge in [-0.25, -0.2) is 9.97 Å². The molecular formula is C21H26Cl2N4O. The number of halogens is 2. The van der Waals surface area contributed by atoms with Gasteiger partial charge >= 0.3 is 0 Å². The zero-order valence-electron chi connectivity index (χ0n) is 16.3. The Balaban J connectivity index is 1.82. The molecule has 2 aromatic rings. The minimum absolute atomic E-state index is 0.152. The van der Waals surface area contributed by atoms with E-state index in [1.54, 1.807) is 6.07 Å². The fraction of sp³-hybridized carbons (Fsp3) is 0.524. The van der Waals surface area contributed by atoms with Crippen molar-refractivity contribution in [3.05, 3.63) is 39.6 Å². The summed E-state index contributed by atoms with van der Waals surface area (Å²) in [6, 6.07) is 5.49. The van der Waals surface area contributed by atoms with E-state index in [1.165, 1.54) is 0 Å². The predicted molar refractivity (Wildman–Crippen MR) is 114 cm³/mol. The Labute approximate surface area is 175 Å². The molecule has 2 aliphatic rings. The number of aryl methyl sites for hydroxylation is 1. The minimum atomic E-state index is -0.931. The van der Waals surface area contributed by atoms with Crippen molar-refractivity contribution in [2.45, 2.75) is 57.1 Å². The quantitative estimate of drug-likeness (QED) is 0.766. The first-order chi connectivity index (χ1) is 13.2. The van der Waals surface area contributed by atoms with E-state index >= 15 is 0 Å². The first kappa shape index (κ1) is 19.9. The molecule has 1 aromatic carbocycles. The maximum atomic E-state index is 11.2. The fourth-order valence-corrected chi connectivity index (χ4v) is 4.35. The van der Waals surface area contributed by atoms with Crippen LogP contribution in [0.4, 0.5) is 5.82 Å². The standard InChI is InChI=1S/C21H26Cl2N4O/c1-13-17(14-5-3-6-15(22)16(14)23)26-18(21(28)7-4-8-21)19(25-13)27-11-9-20(2,24)10-12-27/h3,5-6,28H,4,7-12,24H2,1-2H3. The summed E-state index contributed by atoms with van der Waals surface area (Å²) in [4.78, 5) is 12.0. The molecule has 4 rings (SSSR count). The molecular weight excluding hydrogens is 395 g/mol. The highest BCUT2D eigenvalue weighted by molar-refractivity contribution is 6.43. The van der Waals surface area contributed by atoms with Gasteiger partial charge in [-0.1, -0.05) is 35.3 Å². The highest BCUT2D eigenvalue weighted by Crippen LogP contribution is 2.45. The third kappa shape index (κ3) is 3.50. The number of aromatic nitrogens is 2. The summed E-state index contributed by atoms with van der Waals surface area (Å²) in [5.41, 5.74) is 8.05. The lowest BCUT2D eigenvalue weighted by Crippen LogP contribution is -2.49. The van der Waals surface area contributed by atoms with E-state index in [4.69, 9.17) is 38.9 Å². The Bertz CT molecular complexity index is 902. The first-order valence-electron chi connectivity index (χ1n) is 9.80. The Hall–Kier alpha value is -1.40. The summed E-state index contributed by atoms with van der Waals surface area (Å²) in [6.07, 6.45) is 4.15. The van der Waals surface area contributed by atoms with Crippen LogP contribution in [0.3, 0.4) is 0 Å². The molecule has 2 fully saturated rings. The number of aliphatic hydroxyl groups is 1. The average molecular weight is 421 g/mol. The largest absolute Gasteiger partial charge is 0.383 e. The predicted octanol–water partition coefficient (Wildman–Crippen LogP) is 4.45. The molecule has 3 N–H and O–H groups in total. The summed E-state index contributed by atoms with van der Waals surface area (Å²) in [5.74, 6) is 0.775. The molecule has 0 spiro atoms. The van der Waals surface area contributed by atoms with Crippen molar-refractivity contribution in [2.24, 2.45) is 5.73 Å². The first-order valence-corrected chi connectivity index (χ1v) is 10.6.